The van der Waals surface area contributed by atoms with E-state index in [1.165, 1.54) is 11.9 Å². The van der Waals surface area contributed by atoms with Crippen molar-refractivity contribution >= 4 is 33.2 Å². The molecule has 0 radical (unpaired) electrons. The molecule has 4 nitrogen and oxygen atoms in total. The zero-order chi connectivity index (χ0) is 15.3. The number of halogens is 4. The van der Waals surface area contributed by atoms with Crippen molar-refractivity contribution in [1.82, 2.24) is 0 Å². The molecule has 0 unspecified atom stereocenters. The van der Waals surface area contributed by atoms with E-state index in [0.29, 0.717) is 11.4 Å². The summed E-state index contributed by atoms with van der Waals surface area (Å²) >= 11 is 3.24. The van der Waals surface area contributed by atoms with Gasteiger partial charge in [0.25, 0.3) is 0 Å². The Morgan fingerprint density at radius 1 is 1.45 bits per heavy atom. The van der Waals surface area contributed by atoms with Crippen LogP contribution in [0.15, 0.2) is 22.7 Å². The van der Waals surface area contributed by atoms with Gasteiger partial charge in [-0.05, 0) is 18.2 Å². The number of anilines is 2. The average Bonchev–Trinajstić information content (AvgIpc) is 2.32. The second-order valence-electron chi connectivity index (χ2n) is 4.07. The summed E-state index contributed by atoms with van der Waals surface area (Å²) in [4.78, 5) is 13.1. The number of nitrogens with zero attached hydrogens (tertiary/aromatic N) is 1. The zero-order valence-electron chi connectivity index (χ0n) is 10.7. The third kappa shape index (κ3) is 5.38. The van der Waals surface area contributed by atoms with Crippen LogP contribution < -0.4 is 10.6 Å². The summed E-state index contributed by atoms with van der Waals surface area (Å²) in [5.74, 6) is -0.374. The number of rotatable bonds is 5. The number of ether oxygens (including phenoxy) is 1. The molecular weight excluding hydrogens is 341 g/mol. The van der Waals surface area contributed by atoms with Gasteiger partial charge in [0.05, 0.1) is 24.4 Å². The molecule has 112 valence electrons. The van der Waals surface area contributed by atoms with E-state index in [2.05, 4.69) is 20.7 Å². The molecule has 8 heteroatoms. The van der Waals surface area contributed by atoms with Gasteiger partial charge in [-0.25, -0.2) is 0 Å². The molecule has 20 heavy (non-hydrogen) atoms. The van der Waals surface area contributed by atoms with Crippen LogP contribution in [0, 0.1) is 0 Å². The van der Waals surface area contributed by atoms with Crippen LogP contribution in [-0.4, -0.2) is 32.3 Å². The van der Waals surface area contributed by atoms with E-state index < -0.39 is 12.8 Å². The lowest BCUT2D eigenvalue weighted by atomic mass is 10.2. The number of carbonyl (C=O) groups is 1. The van der Waals surface area contributed by atoms with Crippen LogP contribution in [0.1, 0.15) is 6.42 Å². The number of hydrogen-bond donors (Lipinski definition) is 1. The molecule has 0 fully saturated rings. The summed E-state index contributed by atoms with van der Waals surface area (Å²) in [6, 6.07) is 5.00. The molecule has 1 aromatic carbocycles. The third-order valence-electron chi connectivity index (χ3n) is 2.45. The van der Waals surface area contributed by atoms with Gasteiger partial charge in [-0.2, -0.15) is 13.2 Å². The minimum atomic E-state index is -4.38. The summed E-state index contributed by atoms with van der Waals surface area (Å²) in [5, 5.41) is 0. The fourth-order valence-corrected chi connectivity index (χ4v) is 1.86. The van der Waals surface area contributed by atoms with Crippen LogP contribution in [0.4, 0.5) is 24.5 Å². The van der Waals surface area contributed by atoms with E-state index in [4.69, 9.17) is 5.73 Å². The monoisotopic (exact) mass is 354 g/mol. The van der Waals surface area contributed by atoms with Crippen molar-refractivity contribution in [3.8, 4) is 0 Å². The largest absolute Gasteiger partial charge is 0.411 e. The van der Waals surface area contributed by atoms with E-state index in [-0.39, 0.29) is 18.9 Å². The maximum atomic E-state index is 11.9. The minimum absolute atomic E-state index is 0.151. The Bertz CT molecular complexity index is 480. The number of amides is 1. The quantitative estimate of drug-likeness (QED) is 0.653. The standard InChI is InChI=1S/C12H14BrF3N2O2/c1-18(10-3-2-8(13)6-9(10)17)11(19)4-5-20-7-12(14,15)16/h2-3,6H,4-5,7,17H2,1H3. The van der Waals surface area contributed by atoms with Gasteiger partial charge in [-0.1, -0.05) is 15.9 Å². The molecule has 0 aliphatic carbocycles. The van der Waals surface area contributed by atoms with Gasteiger partial charge < -0.3 is 15.4 Å². The third-order valence-corrected chi connectivity index (χ3v) is 2.94. The van der Waals surface area contributed by atoms with Gasteiger partial charge in [0.2, 0.25) is 5.91 Å². The smallest absolute Gasteiger partial charge is 0.397 e. The van der Waals surface area contributed by atoms with Crippen LogP contribution >= 0.6 is 15.9 Å². The average molecular weight is 355 g/mol. The Balaban J connectivity index is 2.51. The number of nitrogen functional groups attached to an aromatic ring is 1. The Kier molecular flexibility index (Phi) is 5.82. The summed E-state index contributed by atoms with van der Waals surface area (Å²) in [7, 11) is 1.51. The van der Waals surface area contributed by atoms with Crippen molar-refractivity contribution in [2.75, 3.05) is 30.9 Å². The van der Waals surface area contributed by atoms with Crippen molar-refractivity contribution in [2.24, 2.45) is 0 Å². The predicted octanol–water partition coefficient (Wildman–Crippen LogP) is 2.96. The van der Waals surface area contributed by atoms with Gasteiger partial charge in [0.1, 0.15) is 6.61 Å². The first-order valence-electron chi connectivity index (χ1n) is 5.67. The van der Waals surface area contributed by atoms with Gasteiger partial charge in [0.15, 0.2) is 0 Å². The zero-order valence-corrected chi connectivity index (χ0v) is 12.3. The number of carbonyl (C=O) groups excluding carboxylic acids is 1. The van der Waals surface area contributed by atoms with E-state index in [1.54, 1.807) is 18.2 Å². The summed E-state index contributed by atoms with van der Waals surface area (Å²) in [5.41, 5.74) is 6.66. The molecule has 0 spiro atoms. The fraction of sp³-hybridized carbons (Fsp3) is 0.417. The maximum Gasteiger partial charge on any atom is 0.411 e. The van der Waals surface area contributed by atoms with E-state index >= 15 is 0 Å². The fourth-order valence-electron chi connectivity index (χ4n) is 1.48. The van der Waals surface area contributed by atoms with Crippen LogP contribution in [0.25, 0.3) is 0 Å². The molecular formula is C12H14BrF3N2O2. The first kappa shape index (κ1) is 16.8. The Hall–Kier alpha value is -1.28. The van der Waals surface area contributed by atoms with Crippen LogP contribution in [0.5, 0.6) is 0 Å². The van der Waals surface area contributed by atoms with E-state index in [0.717, 1.165) is 4.47 Å². The van der Waals surface area contributed by atoms with Crippen molar-refractivity contribution in [3.63, 3.8) is 0 Å². The topological polar surface area (TPSA) is 55.6 Å². The van der Waals surface area contributed by atoms with E-state index in [9.17, 15) is 18.0 Å². The Morgan fingerprint density at radius 2 is 2.10 bits per heavy atom. The van der Waals surface area contributed by atoms with Gasteiger partial charge in [-0.15, -0.1) is 0 Å². The van der Waals surface area contributed by atoms with Crippen molar-refractivity contribution in [2.45, 2.75) is 12.6 Å². The lowest BCUT2D eigenvalue weighted by Gasteiger charge is -2.19. The SMILES string of the molecule is CN(C(=O)CCOCC(F)(F)F)c1ccc(Br)cc1N. The van der Waals surface area contributed by atoms with Crippen LogP contribution in [0.3, 0.4) is 0 Å². The second kappa shape index (κ2) is 6.94. The Morgan fingerprint density at radius 3 is 2.65 bits per heavy atom. The first-order chi connectivity index (χ1) is 9.20. The molecule has 1 rings (SSSR count). The molecule has 0 aromatic heterocycles. The van der Waals surface area contributed by atoms with Crippen molar-refractivity contribution < 1.29 is 22.7 Å². The molecule has 2 N–H and O–H groups in total. The normalized spacial score (nSPS) is 11.4. The summed E-state index contributed by atoms with van der Waals surface area (Å²) in [6.45, 7) is -1.65. The van der Waals surface area contributed by atoms with Crippen LogP contribution in [0.2, 0.25) is 0 Å². The minimum Gasteiger partial charge on any atom is -0.397 e. The number of benzene rings is 1. The lowest BCUT2D eigenvalue weighted by molar-refractivity contribution is -0.174. The highest BCUT2D eigenvalue weighted by Crippen LogP contribution is 2.26. The number of nitrogens with two attached hydrogens (primary N) is 1. The first-order valence-corrected chi connectivity index (χ1v) is 6.46. The number of hydrogen-bond acceptors (Lipinski definition) is 3. The maximum absolute atomic E-state index is 11.9. The van der Waals surface area contributed by atoms with Crippen molar-refractivity contribution in [1.29, 1.82) is 0 Å². The number of alkyl halides is 3. The molecule has 0 saturated heterocycles. The Labute approximate surface area is 122 Å². The molecule has 0 saturated carbocycles. The van der Waals surface area contributed by atoms with Gasteiger partial charge >= 0.3 is 6.18 Å². The lowest BCUT2D eigenvalue weighted by Crippen LogP contribution is -2.28. The summed E-state index contributed by atoms with van der Waals surface area (Å²) in [6.07, 6.45) is -4.53. The molecule has 0 aliphatic rings. The van der Waals surface area contributed by atoms with Gasteiger partial charge in [0, 0.05) is 11.5 Å². The molecule has 0 bridgehead atoms. The highest BCUT2D eigenvalue weighted by atomic mass is 79.9. The van der Waals surface area contributed by atoms with Crippen LogP contribution in [-0.2, 0) is 9.53 Å². The highest BCUT2D eigenvalue weighted by molar-refractivity contribution is 9.10. The second-order valence-corrected chi connectivity index (χ2v) is 4.99. The molecule has 0 aliphatic heterocycles. The molecule has 1 amide bonds. The van der Waals surface area contributed by atoms with Crippen molar-refractivity contribution in [3.05, 3.63) is 22.7 Å². The van der Waals surface area contributed by atoms with E-state index in [1.807, 2.05) is 0 Å². The molecule has 0 atom stereocenters. The van der Waals surface area contributed by atoms with Gasteiger partial charge in [-0.3, -0.25) is 4.79 Å². The highest BCUT2D eigenvalue weighted by Gasteiger charge is 2.27. The molecule has 1 aromatic rings. The summed E-state index contributed by atoms with van der Waals surface area (Å²) < 4.78 is 40.7. The predicted molar refractivity (Wildman–Crippen MR) is 73.5 cm³/mol. The molecule has 0 heterocycles.